The molecule has 0 aliphatic carbocycles. The molecule has 0 atom stereocenters. The quantitative estimate of drug-likeness (QED) is 0.482. The van der Waals surface area contributed by atoms with E-state index in [-0.39, 0.29) is 24.1 Å². The third-order valence-corrected chi connectivity index (χ3v) is 4.18. The highest BCUT2D eigenvalue weighted by Crippen LogP contribution is 2.23. The Morgan fingerprint density at radius 3 is 2.29 bits per heavy atom. The maximum Gasteiger partial charge on any atom is 0.303 e. The first-order valence-electron chi connectivity index (χ1n) is 8.49. The van der Waals surface area contributed by atoms with Crippen LogP contribution >= 0.6 is 0 Å². The number of nitrogens with zero attached hydrogens (tertiary/aromatic N) is 2. The van der Waals surface area contributed by atoms with Crippen molar-refractivity contribution in [1.82, 2.24) is 4.68 Å². The zero-order chi connectivity index (χ0) is 20.1. The predicted molar refractivity (Wildman–Crippen MR) is 103 cm³/mol. The number of aromatic nitrogens is 1. The van der Waals surface area contributed by atoms with E-state index in [1.807, 2.05) is 36.4 Å². The molecule has 8 nitrogen and oxygen atoms in total. The fourth-order valence-corrected chi connectivity index (χ4v) is 2.78. The highest BCUT2D eigenvalue weighted by atomic mass is 16.6. The Labute approximate surface area is 160 Å². The van der Waals surface area contributed by atoms with E-state index in [1.165, 1.54) is 24.3 Å². The number of hydrogen-bond donors (Lipinski definition) is 2. The third kappa shape index (κ3) is 4.24. The Bertz CT molecular complexity index is 1010. The smallest absolute Gasteiger partial charge is 0.303 e. The number of nitro benzene ring substituents is 1. The van der Waals surface area contributed by atoms with Crippen LogP contribution in [0.1, 0.15) is 22.5 Å². The highest BCUT2D eigenvalue weighted by Gasteiger charge is 2.15. The molecule has 1 amide bonds. The number of nitro groups is 1. The third-order valence-electron chi connectivity index (χ3n) is 4.18. The molecule has 1 aromatic heterocycles. The molecule has 0 saturated heterocycles. The lowest BCUT2D eigenvalue weighted by Crippen LogP contribution is -2.25. The molecule has 8 heteroatoms. The second-order valence-electron chi connectivity index (χ2n) is 6.05. The van der Waals surface area contributed by atoms with E-state index in [1.54, 1.807) is 10.7 Å². The van der Waals surface area contributed by atoms with Gasteiger partial charge in [0.2, 0.25) is 0 Å². The van der Waals surface area contributed by atoms with Gasteiger partial charge >= 0.3 is 5.97 Å². The number of benzene rings is 2. The second-order valence-corrected chi connectivity index (χ2v) is 6.05. The predicted octanol–water partition coefficient (Wildman–Crippen LogP) is 3.46. The summed E-state index contributed by atoms with van der Waals surface area (Å²) in [6.45, 7) is 0. The Morgan fingerprint density at radius 2 is 1.68 bits per heavy atom. The number of aliphatic carboxylic acids is 1. The van der Waals surface area contributed by atoms with Gasteiger partial charge in [0.15, 0.2) is 0 Å². The molecule has 0 bridgehead atoms. The first-order valence-corrected chi connectivity index (χ1v) is 8.49. The zero-order valence-corrected chi connectivity index (χ0v) is 14.7. The molecule has 3 aromatic rings. The van der Waals surface area contributed by atoms with E-state index in [4.69, 9.17) is 5.11 Å². The van der Waals surface area contributed by atoms with Gasteiger partial charge < -0.3 is 5.11 Å². The number of carbonyl (C=O) groups is 2. The summed E-state index contributed by atoms with van der Waals surface area (Å²) in [5, 5.41) is 19.7. The minimum Gasteiger partial charge on any atom is -0.481 e. The molecule has 0 fully saturated rings. The second kappa shape index (κ2) is 8.17. The Kier molecular flexibility index (Phi) is 5.50. The van der Waals surface area contributed by atoms with Crippen LogP contribution in [0, 0.1) is 10.1 Å². The van der Waals surface area contributed by atoms with E-state index in [9.17, 15) is 19.7 Å². The first kappa shape index (κ1) is 18.8. The molecule has 0 radical (unpaired) electrons. The summed E-state index contributed by atoms with van der Waals surface area (Å²) in [4.78, 5) is 33.8. The summed E-state index contributed by atoms with van der Waals surface area (Å²) in [6, 6.07) is 18.2. The van der Waals surface area contributed by atoms with Gasteiger partial charge in [-0.3, -0.25) is 29.8 Å². The number of non-ortho nitro benzene ring substituents is 1. The van der Waals surface area contributed by atoms with Crippen molar-refractivity contribution >= 4 is 17.6 Å². The average Bonchev–Trinajstić information content (AvgIpc) is 3.09. The minimum absolute atomic E-state index is 0.0777. The van der Waals surface area contributed by atoms with Crippen molar-refractivity contribution in [3.05, 3.63) is 88.1 Å². The molecule has 0 unspecified atom stereocenters. The Morgan fingerprint density at radius 1 is 1.00 bits per heavy atom. The molecule has 1 heterocycles. The molecule has 0 saturated carbocycles. The lowest BCUT2D eigenvalue weighted by atomic mass is 10.1. The number of carbonyl (C=O) groups excluding carboxylic acids is 1. The molecule has 0 aliphatic rings. The first-order chi connectivity index (χ1) is 13.5. The van der Waals surface area contributed by atoms with Crippen LogP contribution in [0.15, 0.2) is 66.7 Å². The van der Waals surface area contributed by atoms with Crippen molar-refractivity contribution in [1.29, 1.82) is 0 Å². The van der Waals surface area contributed by atoms with Crippen LogP contribution in [0.3, 0.4) is 0 Å². The Hall–Kier alpha value is -3.94. The largest absolute Gasteiger partial charge is 0.481 e. The summed E-state index contributed by atoms with van der Waals surface area (Å²) in [6.07, 6.45) is 0.161. The van der Waals surface area contributed by atoms with E-state index in [0.29, 0.717) is 11.4 Å². The van der Waals surface area contributed by atoms with Gasteiger partial charge in [-0.15, -0.1) is 0 Å². The van der Waals surface area contributed by atoms with E-state index >= 15 is 0 Å². The van der Waals surface area contributed by atoms with Crippen LogP contribution in [0.4, 0.5) is 5.69 Å². The summed E-state index contributed by atoms with van der Waals surface area (Å²) in [5.41, 5.74) is 5.10. The van der Waals surface area contributed by atoms with E-state index in [2.05, 4.69) is 5.43 Å². The van der Waals surface area contributed by atoms with Gasteiger partial charge in [0.25, 0.3) is 11.6 Å². The molecular formula is C20H17N3O5. The van der Waals surface area contributed by atoms with Crippen LogP contribution < -0.4 is 5.43 Å². The van der Waals surface area contributed by atoms with Gasteiger partial charge in [0, 0.05) is 35.4 Å². The van der Waals surface area contributed by atoms with Crippen molar-refractivity contribution in [3.8, 4) is 11.3 Å². The molecule has 3 rings (SSSR count). The Balaban J connectivity index is 1.91. The normalized spacial score (nSPS) is 10.4. The maximum absolute atomic E-state index is 12.6. The number of nitrogens with one attached hydrogen (secondary N) is 1. The van der Waals surface area contributed by atoms with Gasteiger partial charge in [0.1, 0.15) is 0 Å². The molecule has 2 aromatic carbocycles. The number of rotatable bonds is 7. The standard InChI is InChI=1S/C20H17N3O5/c24-19(25)13-11-16-10-12-18(14-4-2-1-3-5-14)22(16)21-20(26)15-6-8-17(9-7-15)23(27)28/h1-10,12H,11,13H2,(H,21,26)(H,24,25). The van der Waals surface area contributed by atoms with Crippen LogP contribution in [0.5, 0.6) is 0 Å². The summed E-state index contributed by atoms with van der Waals surface area (Å²) >= 11 is 0. The maximum atomic E-state index is 12.6. The van der Waals surface area contributed by atoms with Crippen molar-refractivity contribution < 1.29 is 19.6 Å². The van der Waals surface area contributed by atoms with Crippen LogP contribution in [-0.4, -0.2) is 26.6 Å². The molecular weight excluding hydrogens is 362 g/mol. The summed E-state index contributed by atoms with van der Waals surface area (Å²) in [5.74, 6) is -1.39. The topological polar surface area (TPSA) is 114 Å². The van der Waals surface area contributed by atoms with E-state index < -0.39 is 16.8 Å². The minimum atomic E-state index is -0.935. The monoisotopic (exact) mass is 379 g/mol. The van der Waals surface area contributed by atoms with Crippen LogP contribution in [0.25, 0.3) is 11.3 Å². The molecule has 142 valence electrons. The summed E-state index contributed by atoms with van der Waals surface area (Å²) in [7, 11) is 0. The van der Waals surface area contributed by atoms with Gasteiger partial charge in [-0.2, -0.15) is 0 Å². The van der Waals surface area contributed by atoms with Crippen molar-refractivity contribution in [2.45, 2.75) is 12.8 Å². The van der Waals surface area contributed by atoms with Gasteiger partial charge in [-0.25, -0.2) is 0 Å². The average molecular weight is 379 g/mol. The highest BCUT2D eigenvalue weighted by molar-refractivity contribution is 6.00. The molecule has 28 heavy (non-hydrogen) atoms. The molecule has 2 N–H and O–H groups in total. The molecule has 0 aliphatic heterocycles. The number of aryl methyl sites for hydroxylation is 1. The van der Waals surface area contributed by atoms with Gasteiger partial charge in [0.05, 0.1) is 17.0 Å². The summed E-state index contributed by atoms with van der Waals surface area (Å²) < 4.78 is 1.56. The SMILES string of the molecule is O=C(O)CCc1ccc(-c2ccccc2)n1NC(=O)c1ccc([N+](=O)[O-])cc1. The number of carboxylic acids is 1. The van der Waals surface area contributed by atoms with Crippen LogP contribution in [0.2, 0.25) is 0 Å². The lowest BCUT2D eigenvalue weighted by molar-refractivity contribution is -0.384. The lowest BCUT2D eigenvalue weighted by Gasteiger charge is -2.15. The van der Waals surface area contributed by atoms with Crippen molar-refractivity contribution in [2.24, 2.45) is 0 Å². The fraction of sp³-hybridized carbons (Fsp3) is 0.100. The van der Waals surface area contributed by atoms with E-state index in [0.717, 1.165) is 5.56 Å². The number of amides is 1. The number of carboxylic acid groups (broad SMARTS) is 1. The number of hydrogen-bond acceptors (Lipinski definition) is 4. The van der Waals surface area contributed by atoms with Crippen LogP contribution in [-0.2, 0) is 11.2 Å². The van der Waals surface area contributed by atoms with Gasteiger partial charge in [-0.1, -0.05) is 30.3 Å². The fourth-order valence-electron chi connectivity index (χ4n) is 2.78. The van der Waals surface area contributed by atoms with Crippen molar-refractivity contribution in [2.75, 3.05) is 5.43 Å². The zero-order valence-electron chi connectivity index (χ0n) is 14.7. The van der Waals surface area contributed by atoms with Crippen molar-refractivity contribution in [3.63, 3.8) is 0 Å². The molecule has 0 spiro atoms. The van der Waals surface area contributed by atoms with Gasteiger partial charge in [-0.05, 0) is 24.3 Å².